The Balaban J connectivity index is 2.43. The predicted octanol–water partition coefficient (Wildman–Crippen LogP) is 0.461. The minimum Gasteiger partial charge on any atom is -0.444 e. The molecule has 18 heavy (non-hydrogen) atoms. The van der Waals surface area contributed by atoms with E-state index in [2.05, 4.69) is 5.32 Å². The number of hydrogen-bond donors (Lipinski definition) is 2. The minimum absolute atomic E-state index is 0.110. The normalized spacial score (nSPS) is 20.6. The molecule has 0 aromatic rings. The van der Waals surface area contributed by atoms with Crippen LogP contribution in [0, 0.1) is 0 Å². The number of amides is 2. The van der Waals surface area contributed by atoms with Crippen LogP contribution in [0.2, 0.25) is 0 Å². The fourth-order valence-electron chi connectivity index (χ4n) is 1.88. The van der Waals surface area contributed by atoms with Crippen LogP contribution in [0.25, 0.3) is 0 Å². The molecule has 1 aliphatic heterocycles. The Hall–Kier alpha value is -1.30. The Bertz CT molecular complexity index is 312. The van der Waals surface area contributed by atoms with E-state index in [0.29, 0.717) is 13.1 Å². The van der Waals surface area contributed by atoms with Crippen molar-refractivity contribution in [3.8, 4) is 0 Å². The second-order valence-electron chi connectivity index (χ2n) is 5.61. The molecule has 0 radical (unpaired) electrons. The van der Waals surface area contributed by atoms with Crippen molar-refractivity contribution in [3.05, 3.63) is 0 Å². The molecular weight excluding hydrogens is 234 g/mol. The molecule has 3 N–H and O–H groups in total. The van der Waals surface area contributed by atoms with Crippen LogP contribution < -0.4 is 11.1 Å². The number of ether oxygens (including phenoxy) is 1. The summed E-state index contributed by atoms with van der Waals surface area (Å²) >= 11 is 0. The zero-order chi connectivity index (χ0) is 13.8. The SMILES string of the molecule is CC(C)(C)OC(=O)N1CCC[C@@H](NCC(N)=O)C1. The van der Waals surface area contributed by atoms with E-state index in [0.717, 1.165) is 12.8 Å². The zero-order valence-electron chi connectivity index (χ0n) is 11.4. The van der Waals surface area contributed by atoms with E-state index in [4.69, 9.17) is 10.5 Å². The van der Waals surface area contributed by atoms with Gasteiger partial charge in [0.25, 0.3) is 0 Å². The fraction of sp³-hybridized carbons (Fsp3) is 0.833. The Morgan fingerprint density at radius 1 is 1.44 bits per heavy atom. The van der Waals surface area contributed by atoms with Crippen LogP contribution in [0.3, 0.4) is 0 Å². The van der Waals surface area contributed by atoms with Crippen molar-refractivity contribution in [1.82, 2.24) is 10.2 Å². The van der Waals surface area contributed by atoms with Gasteiger partial charge >= 0.3 is 6.09 Å². The fourth-order valence-corrected chi connectivity index (χ4v) is 1.88. The van der Waals surface area contributed by atoms with Gasteiger partial charge in [-0.05, 0) is 33.6 Å². The zero-order valence-corrected chi connectivity index (χ0v) is 11.4. The lowest BCUT2D eigenvalue weighted by Gasteiger charge is -2.34. The van der Waals surface area contributed by atoms with Crippen molar-refractivity contribution in [2.75, 3.05) is 19.6 Å². The van der Waals surface area contributed by atoms with Crippen LogP contribution in [-0.2, 0) is 9.53 Å². The number of hydrogen-bond acceptors (Lipinski definition) is 4. The lowest BCUT2D eigenvalue weighted by Crippen LogP contribution is -2.50. The van der Waals surface area contributed by atoms with Gasteiger partial charge in [-0.2, -0.15) is 0 Å². The number of carbonyl (C=O) groups is 2. The van der Waals surface area contributed by atoms with E-state index in [1.807, 2.05) is 20.8 Å². The highest BCUT2D eigenvalue weighted by Crippen LogP contribution is 2.15. The molecule has 0 spiro atoms. The van der Waals surface area contributed by atoms with Gasteiger partial charge in [-0.3, -0.25) is 4.79 Å². The molecule has 1 fully saturated rings. The number of likely N-dealkylation sites (tertiary alicyclic amines) is 1. The Morgan fingerprint density at radius 2 is 2.11 bits per heavy atom. The molecule has 0 bridgehead atoms. The van der Waals surface area contributed by atoms with E-state index in [1.54, 1.807) is 4.90 Å². The summed E-state index contributed by atoms with van der Waals surface area (Å²) in [5.41, 5.74) is 4.60. The summed E-state index contributed by atoms with van der Waals surface area (Å²) in [6.07, 6.45) is 1.54. The number of nitrogens with two attached hydrogens (primary N) is 1. The monoisotopic (exact) mass is 257 g/mol. The molecule has 104 valence electrons. The van der Waals surface area contributed by atoms with E-state index < -0.39 is 5.60 Å². The van der Waals surface area contributed by atoms with E-state index >= 15 is 0 Å². The van der Waals surface area contributed by atoms with Gasteiger partial charge in [0.2, 0.25) is 5.91 Å². The lowest BCUT2D eigenvalue weighted by atomic mass is 10.1. The molecule has 0 saturated carbocycles. The molecule has 1 saturated heterocycles. The Labute approximate surface area is 108 Å². The number of nitrogens with one attached hydrogen (secondary N) is 1. The Morgan fingerprint density at radius 3 is 2.67 bits per heavy atom. The number of primary amides is 1. The van der Waals surface area contributed by atoms with Gasteiger partial charge in [0, 0.05) is 19.1 Å². The second-order valence-corrected chi connectivity index (χ2v) is 5.61. The first-order valence-corrected chi connectivity index (χ1v) is 6.27. The van der Waals surface area contributed by atoms with Gasteiger partial charge in [-0.1, -0.05) is 0 Å². The molecule has 0 aromatic heterocycles. The number of nitrogens with zero attached hydrogens (tertiary/aromatic N) is 1. The highest BCUT2D eigenvalue weighted by Gasteiger charge is 2.27. The number of piperidine rings is 1. The van der Waals surface area contributed by atoms with Gasteiger partial charge in [-0.25, -0.2) is 4.79 Å². The van der Waals surface area contributed by atoms with Crippen molar-refractivity contribution < 1.29 is 14.3 Å². The largest absolute Gasteiger partial charge is 0.444 e. The van der Waals surface area contributed by atoms with Crippen LogP contribution >= 0.6 is 0 Å². The molecule has 1 atom stereocenters. The van der Waals surface area contributed by atoms with E-state index in [-0.39, 0.29) is 24.6 Å². The predicted molar refractivity (Wildman–Crippen MR) is 68.0 cm³/mol. The smallest absolute Gasteiger partial charge is 0.410 e. The standard InChI is InChI=1S/C12H23N3O3/c1-12(2,3)18-11(17)15-6-4-5-9(8-15)14-7-10(13)16/h9,14H,4-8H2,1-3H3,(H2,13,16)/t9-/m1/s1. The highest BCUT2D eigenvalue weighted by atomic mass is 16.6. The minimum atomic E-state index is -0.481. The van der Waals surface area contributed by atoms with Crippen LogP contribution in [0.15, 0.2) is 0 Å². The first-order valence-electron chi connectivity index (χ1n) is 6.27. The topological polar surface area (TPSA) is 84.7 Å². The Kier molecular flexibility index (Phi) is 4.95. The second kappa shape index (κ2) is 6.04. The third-order valence-corrected chi connectivity index (χ3v) is 2.64. The summed E-state index contributed by atoms with van der Waals surface area (Å²) in [7, 11) is 0. The average molecular weight is 257 g/mol. The summed E-state index contributed by atoms with van der Waals surface area (Å²) in [5, 5.41) is 3.04. The third-order valence-electron chi connectivity index (χ3n) is 2.64. The van der Waals surface area contributed by atoms with Crippen LogP contribution in [-0.4, -0.2) is 48.2 Å². The van der Waals surface area contributed by atoms with Gasteiger partial charge < -0.3 is 20.7 Å². The first-order chi connectivity index (χ1) is 8.28. The summed E-state index contributed by atoms with van der Waals surface area (Å²) in [5.74, 6) is -0.385. The molecule has 1 aliphatic rings. The van der Waals surface area contributed by atoms with Crippen LogP contribution in [0.5, 0.6) is 0 Å². The molecule has 0 aromatic carbocycles. The maximum Gasteiger partial charge on any atom is 0.410 e. The van der Waals surface area contributed by atoms with E-state index in [9.17, 15) is 9.59 Å². The molecule has 0 unspecified atom stereocenters. The maximum absolute atomic E-state index is 11.9. The average Bonchev–Trinajstić information content (AvgIpc) is 2.24. The molecule has 1 rings (SSSR count). The van der Waals surface area contributed by atoms with E-state index in [1.165, 1.54) is 0 Å². The van der Waals surface area contributed by atoms with Gasteiger partial charge in [0.05, 0.1) is 6.54 Å². The van der Waals surface area contributed by atoms with Gasteiger partial charge in [0.1, 0.15) is 5.60 Å². The van der Waals surface area contributed by atoms with Crippen molar-refractivity contribution in [2.24, 2.45) is 5.73 Å². The molecule has 6 heteroatoms. The van der Waals surface area contributed by atoms with Gasteiger partial charge in [0.15, 0.2) is 0 Å². The quantitative estimate of drug-likeness (QED) is 0.769. The third kappa shape index (κ3) is 5.35. The van der Waals surface area contributed by atoms with Crippen molar-refractivity contribution in [2.45, 2.75) is 45.3 Å². The number of rotatable bonds is 3. The van der Waals surface area contributed by atoms with Crippen molar-refractivity contribution in [1.29, 1.82) is 0 Å². The van der Waals surface area contributed by atoms with Gasteiger partial charge in [-0.15, -0.1) is 0 Å². The summed E-state index contributed by atoms with van der Waals surface area (Å²) in [6, 6.07) is 0.110. The summed E-state index contributed by atoms with van der Waals surface area (Å²) in [4.78, 5) is 24.3. The summed E-state index contributed by atoms with van der Waals surface area (Å²) in [6.45, 7) is 6.94. The van der Waals surface area contributed by atoms with Crippen molar-refractivity contribution in [3.63, 3.8) is 0 Å². The lowest BCUT2D eigenvalue weighted by molar-refractivity contribution is -0.117. The van der Waals surface area contributed by atoms with Crippen LogP contribution in [0.1, 0.15) is 33.6 Å². The molecular formula is C12H23N3O3. The molecule has 6 nitrogen and oxygen atoms in total. The first kappa shape index (κ1) is 14.8. The highest BCUT2D eigenvalue weighted by molar-refractivity contribution is 5.76. The van der Waals surface area contributed by atoms with Crippen LogP contribution in [0.4, 0.5) is 4.79 Å². The maximum atomic E-state index is 11.9. The van der Waals surface area contributed by atoms with Crippen molar-refractivity contribution >= 4 is 12.0 Å². The number of carbonyl (C=O) groups excluding carboxylic acids is 2. The summed E-state index contributed by atoms with van der Waals surface area (Å²) < 4.78 is 5.32. The molecule has 1 heterocycles. The molecule has 0 aliphatic carbocycles. The molecule has 2 amide bonds.